The van der Waals surface area contributed by atoms with Crippen LogP contribution in [0, 0.1) is 6.92 Å². The molecule has 0 saturated heterocycles. The summed E-state index contributed by atoms with van der Waals surface area (Å²) in [5, 5.41) is 7.08. The molecule has 0 radical (unpaired) electrons. The first kappa shape index (κ1) is 24.5. The lowest BCUT2D eigenvalue weighted by Crippen LogP contribution is -2.22. The highest BCUT2D eigenvalue weighted by molar-refractivity contribution is 9.10. The fourth-order valence-corrected chi connectivity index (χ4v) is 5.01. The highest BCUT2D eigenvalue weighted by atomic mass is 79.9. The number of hydrogen-bond donors (Lipinski definition) is 0. The van der Waals surface area contributed by atoms with Gasteiger partial charge in [0.05, 0.1) is 17.1 Å². The first-order chi connectivity index (χ1) is 17.5. The van der Waals surface area contributed by atoms with Gasteiger partial charge in [0.15, 0.2) is 0 Å². The summed E-state index contributed by atoms with van der Waals surface area (Å²) in [5.41, 5.74) is 4.87. The number of para-hydroxylation sites is 1. The molecule has 36 heavy (non-hydrogen) atoms. The second kappa shape index (κ2) is 10.4. The minimum Gasteiger partial charge on any atom is -0.340 e. The van der Waals surface area contributed by atoms with Gasteiger partial charge in [-0.25, -0.2) is 4.98 Å². The van der Waals surface area contributed by atoms with Crippen LogP contribution in [0.2, 0.25) is 5.02 Å². The van der Waals surface area contributed by atoms with Crippen LogP contribution in [-0.2, 0) is 13.0 Å². The fraction of sp³-hybridized carbons (Fsp3) is 0.207. The molecule has 0 aliphatic carbocycles. The largest absolute Gasteiger partial charge is 0.340 e. The zero-order chi connectivity index (χ0) is 25.2. The van der Waals surface area contributed by atoms with E-state index in [4.69, 9.17) is 21.7 Å². The van der Waals surface area contributed by atoms with Crippen molar-refractivity contribution in [3.8, 4) is 0 Å². The van der Waals surface area contributed by atoms with Crippen LogP contribution in [0.3, 0.4) is 0 Å². The van der Waals surface area contributed by atoms with Crippen LogP contribution in [0.4, 0.5) is 0 Å². The zero-order valence-corrected chi connectivity index (χ0v) is 22.6. The second-order valence-corrected chi connectivity index (χ2v) is 10.2. The lowest BCUT2D eigenvalue weighted by atomic mass is 10.1. The number of unbranched alkanes of at least 4 members (excludes halogenated alkanes) is 1. The summed E-state index contributed by atoms with van der Waals surface area (Å²) >= 11 is 9.56. The minimum atomic E-state index is -0.161. The van der Waals surface area contributed by atoms with Gasteiger partial charge in [0.1, 0.15) is 5.82 Å². The van der Waals surface area contributed by atoms with Crippen molar-refractivity contribution in [3.05, 3.63) is 109 Å². The van der Waals surface area contributed by atoms with E-state index in [0.717, 1.165) is 50.1 Å². The number of halogens is 2. The summed E-state index contributed by atoms with van der Waals surface area (Å²) < 4.78 is 4.58. The predicted molar refractivity (Wildman–Crippen MR) is 153 cm³/mol. The zero-order valence-electron chi connectivity index (χ0n) is 20.2. The fourth-order valence-electron chi connectivity index (χ4n) is 4.52. The molecule has 0 N–H and O–H groups in total. The van der Waals surface area contributed by atoms with Crippen LogP contribution in [0.25, 0.3) is 21.8 Å². The van der Waals surface area contributed by atoms with Crippen molar-refractivity contribution in [2.24, 2.45) is 5.10 Å². The molecule has 0 bridgehead atoms. The Bertz CT molecular complexity index is 1650. The Hall–Kier alpha value is -3.22. The highest BCUT2D eigenvalue weighted by Crippen LogP contribution is 2.26. The van der Waals surface area contributed by atoms with E-state index in [2.05, 4.69) is 46.5 Å². The quantitative estimate of drug-likeness (QED) is 0.195. The Kier molecular flexibility index (Phi) is 7.08. The van der Waals surface area contributed by atoms with Crippen molar-refractivity contribution < 1.29 is 0 Å². The first-order valence-electron chi connectivity index (χ1n) is 12.0. The molecule has 0 fully saturated rings. The molecule has 7 heteroatoms. The molecule has 182 valence electrons. The molecule has 0 atom stereocenters. The lowest BCUT2D eigenvalue weighted by molar-refractivity contribution is 0.675. The number of benzene rings is 3. The van der Waals surface area contributed by atoms with Gasteiger partial charge >= 0.3 is 0 Å². The third-order valence-electron chi connectivity index (χ3n) is 6.47. The summed E-state index contributed by atoms with van der Waals surface area (Å²) in [6.45, 7) is 4.93. The molecule has 5 aromatic rings. The molecular formula is C29H26BrClN4O. The third kappa shape index (κ3) is 4.75. The van der Waals surface area contributed by atoms with Gasteiger partial charge in [-0.15, -0.1) is 0 Å². The average Bonchev–Trinajstić information content (AvgIpc) is 3.14. The molecule has 0 unspecified atom stereocenters. The Balaban J connectivity index is 1.63. The van der Waals surface area contributed by atoms with E-state index in [1.54, 1.807) is 6.21 Å². The normalized spacial score (nSPS) is 11.8. The van der Waals surface area contributed by atoms with Gasteiger partial charge in [-0.2, -0.15) is 9.78 Å². The van der Waals surface area contributed by atoms with Gasteiger partial charge in [-0.05, 0) is 55.3 Å². The van der Waals surface area contributed by atoms with E-state index in [0.29, 0.717) is 29.7 Å². The smallest absolute Gasteiger partial charge is 0.282 e. The molecule has 3 aromatic carbocycles. The number of fused-ring (bicyclic) bond motifs is 2. The first-order valence-corrected chi connectivity index (χ1v) is 13.2. The predicted octanol–water partition coefficient (Wildman–Crippen LogP) is 7.35. The molecule has 2 heterocycles. The maximum atomic E-state index is 13.5. The average molecular weight is 562 g/mol. The maximum absolute atomic E-state index is 13.5. The van der Waals surface area contributed by atoms with Crippen molar-refractivity contribution in [3.63, 3.8) is 0 Å². The Morgan fingerprint density at radius 2 is 1.83 bits per heavy atom. The lowest BCUT2D eigenvalue weighted by Gasteiger charge is -2.10. The third-order valence-corrected chi connectivity index (χ3v) is 7.21. The molecule has 0 amide bonds. The number of aromatic nitrogens is 3. The van der Waals surface area contributed by atoms with E-state index in [1.165, 1.54) is 4.68 Å². The summed E-state index contributed by atoms with van der Waals surface area (Å²) in [6, 6.07) is 21.8. The van der Waals surface area contributed by atoms with Crippen LogP contribution >= 0.6 is 27.5 Å². The Morgan fingerprint density at radius 1 is 1.06 bits per heavy atom. The summed E-state index contributed by atoms with van der Waals surface area (Å²) in [7, 11) is 0. The number of aryl methyl sites for hydroxylation is 1. The highest BCUT2D eigenvalue weighted by Gasteiger charge is 2.15. The van der Waals surface area contributed by atoms with Crippen molar-refractivity contribution in [1.82, 2.24) is 14.2 Å². The SMILES string of the molecule is CCCCc1nc2ccc(Br)cc2c(=O)n1N=Cc1c(C)n(Cc2ccc(Cl)cc2)c2ccccc12. The molecule has 0 saturated carbocycles. The van der Waals surface area contributed by atoms with Gasteiger partial charge in [0, 0.05) is 44.6 Å². The van der Waals surface area contributed by atoms with Gasteiger partial charge in [-0.1, -0.05) is 71.2 Å². The molecule has 0 aliphatic heterocycles. The van der Waals surface area contributed by atoms with Crippen molar-refractivity contribution in [2.75, 3.05) is 0 Å². The standard InChI is InChI=1S/C29H26BrClN4O/c1-3-4-9-28-33-26-15-12-21(30)16-24(26)29(36)35(28)32-17-25-19(2)34(27-8-6-5-7-23(25)27)18-20-10-13-22(31)14-11-20/h5-8,10-17H,3-4,9,18H2,1-2H3. The monoisotopic (exact) mass is 560 g/mol. The molecule has 0 aliphatic rings. The van der Waals surface area contributed by atoms with Crippen molar-refractivity contribution in [1.29, 1.82) is 0 Å². The summed E-state index contributed by atoms with van der Waals surface area (Å²) in [5.74, 6) is 0.676. The van der Waals surface area contributed by atoms with Gasteiger partial charge < -0.3 is 4.57 Å². The molecule has 5 rings (SSSR count). The number of hydrogen-bond acceptors (Lipinski definition) is 3. The van der Waals surface area contributed by atoms with Crippen LogP contribution in [0.15, 0.2) is 81.1 Å². The van der Waals surface area contributed by atoms with Gasteiger partial charge in [0.2, 0.25) is 0 Å². The summed E-state index contributed by atoms with van der Waals surface area (Å²) in [6.07, 6.45) is 4.43. The van der Waals surface area contributed by atoms with E-state index < -0.39 is 0 Å². The van der Waals surface area contributed by atoms with Crippen LogP contribution < -0.4 is 5.56 Å². The molecule has 2 aromatic heterocycles. The number of rotatable bonds is 7. The second-order valence-electron chi connectivity index (χ2n) is 8.88. The Morgan fingerprint density at radius 3 is 2.61 bits per heavy atom. The maximum Gasteiger partial charge on any atom is 0.282 e. The molecule has 0 spiro atoms. The van der Waals surface area contributed by atoms with Gasteiger partial charge in [-0.3, -0.25) is 4.79 Å². The van der Waals surface area contributed by atoms with Crippen molar-refractivity contribution >= 4 is 55.6 Å². The van der Waals surface area contributed by atoms with E-state index >= 15 is 0 Å². The van der Waals surface area contributed by atoms with Crippen LogP contribution in [-0.4, -0.2) is 20.4 Å². The van der Waals surface area contributed by atoms with E-state index in [9.17, 15) is 4.79 Å². The van der Waals surface area contributed by atoms with E-state index in [-0.39, 0.29) is 5.56 Å². The van der Waals surface area contributed by atoms with Gasteiger partial charge in [0.25, 0.3) is 5.56 Å². The topological polar surface area (TPSA) is 52.2 Å². The van der Waals surface area contributed by atoms with E-state index in [1.807, 2.05) is 54.6 Å². The minimum absolute atomic E-state index is 0.161. The summed E-state index contributed by atoms with van der Waals surface area (Å²) in [4.78, 5) is 18.3. The Labute approximate surface area is 223 Å². The number of nitrogens with zero attached hydrogens (tertiary/aromatic N) is 4. The van der Waals surface area contributed by atoms with Crippen molar-refractivity contribution in [2.45, 2.75) is 39.7 Å². The molecule has 5 nitrogen and oxygen atoms in total. The molecular weight excluding hydrogens is 536 g/mol. The van der Waals surface area contributed by atoms with Crippen LogP contribution in [0.5, 0.6) is 0 Å². The van der Waals surface area contributed by atoms with Crippen LogP contribution in [0.1, 0.15) is 42.4 Å².